The molecule has 1 saturated heterocycles. The molecule has 0 spiro atoms. The molecule has 4 nitrogen and oxygen atoms in total. The molecule has 0 aliphatic carbocycles. The van der Waals surface area contributed by atoms with Gasteiger partial charge in [0, 0.05) is 38.9 Å². The number of nitrogens with zero attached hydrogens (tertiary/aromatic N) is 2. The molecule has 1 amide bonds. The molecule has 0 saturated carbocycles. The van der Waals surface area contributed by atoms with Crippen LogP contribution in [0.2, 0.25) is 0 Å². The summed E-state index contributed by atoms with van der Waals surface area (Å²) in [6, 6.07) is 3.70. The fraction of sp³-hybridized carbons (Fsp3) is 0.545. The Kier molecular flexibility index (Phi) is 2.77. The average Bonchev–Trinajstić information content (AvgIpc) is 2.84. The van der Waals surface area contributed by atoms with Gasteiger partial charge in [-0.2, -0.15) is 0 Å². The number of hydrogen-bond acceptors (Lipinski definition) is 2. The minimum atomic E-state index is 0.0680. The molecule has 0 bridgehead atoms. The zero-order valence-corrected chi connectivity index (χ0v) is 8.89. The number of aliphatic hydroxyl groups excluding tert-OH is 1. The molecule has 1 aromatic heterocycles. The van der Waals surface area contributed by atoms with E-state index in [1.54, 1.807) is 0 Å². The largest absolute Gasteiger partial charge is 0.396 e. The third kappa shape index (κ3) is 1.90. The molecule has 1 aromatic rings. The van der Waals surface area contributed by atoms with Crippen molar-refractivity contribution in [1.82, 2.24) is 9.47 Å². The minimum Gasteiger partial charge on any atom is -0.396 e. The van der Waals surface area contributed by atoms with Crippen molar-refractivity contribution in [3.8, 4) is 0 Å². The Bertz CT molecular complexity index is 359. The van der Waals surface area contributed by atoms with E-state index < -0.39 is 0 Å². The van der Waals surface area contributed by atoms with E-state index >= 15 is 0 Å². The van der Waals surface area contributed by atoms with Crippen molar-refractivity contribution < 1.29 is 9.90 Å². The first-order valence-electron chi connectivity index (χ1n) is 5.24. The van der Waals surface area contributed by atoms with E-state index in [9.17, 15) is 4.79 Å². The van der Waals surface area contributed by atoms with Crippen LogP contribution >= 0.6 is 0 Å². The average molecular weight is 208 g/mol. The molecule has 1 N–H and O–H groups in total. The zero-order valence-electron chi connectivity index (χ0n) is 8.89. The van der Waals surface area contributed by atoms with Crippen LogP contribution in [0.3, 0.4) is 0 Å². The highest BCUT2D eigenvalue weighted by atomic mass is 16.3. The monoisotopic (exact) mass is 208 g/mol. The second kappa shape index (κ2) is 4.06. The molecule has 2 heterocycles. The summed E-state index contributed by atoms with van der Waals surface area (Å²) >= 11 is 0. The van der Waals surface area contributed by atoms with Gasteiger partial charge in [-0.1, -0.05) is 0 Å². The molecule has 1 aliphatic rings. The number of aliphatic hydroxyl groups is 1. The van der Waals surface area contributed by atoms with Gasteiger partial charge < -0.3 is 14.6 Å². The Morgan fingerprint density at radius 1 is 1.67 bits per heavy atom. The lowest BCUT2D eigenvalue weighted by atomic mass is 10.1. The molecule has 4 heteroatoms. The molecule has 0 radical (unpaired) electrons. The normalized spacial score (nSPS) is 20.9. The Morgan fingerprint density at radius 2 is 2.47 bits per heavy atom. The SMILES string of the molecule is Cn1cccc1C(=O)N1CCC(CO)C1. The molecule has 1 atom stereocenters. The summed E-state index contributed by atoms with van der Waals surface area (Å²) in [5.41, 5.74) is 0.716. The maximum Gasteiger partial charge on any atom is 0.270 e. The van der Waals surface area contributed by atoms with Gasteiger partial charge in [0.2, 0.25) is 0 Å². The predicted octanol–water partition coefficient (Wildman–Crippen LogP) is 0.480. The number of aryl methyl sites for hydroxylation is 1. The molecule has 82 valence electrons. The van der Waals surface area contributed by atoms with Crippen molar-refractivity contribution in [2.75, 3.05) is 19.7 Å². The van der Waals surface area contributed by atoms with Gasteiger partial charge in [0.15, 0.2) is 0 Å². The highest BCUT2D eigenvalue weighted by Crippen LogP contribution is 2.18. The van der Waals surface area contributed by atoms with Crippen LogP contribution in [-0.4, -0.2) is 40.2 Å². The maximum absolute atomic E-state index is 12.0. The molecule has 1 fully saturated rings. The highest BCUT2D eigenvalue weighted by molar-refractivity contribution is 5.92. The van der Waals surface area contributed by atoms with E-state index in [2.05, 4.69) is 0 Å². The van der Waals surface area contributed by atoms with Crippen molar-refractivity contribution in [1.29, 1.82) is 0 Å². The fourth-order valence-corrected chi connectivity index (χ4v) is 2.01. The smallest absolute Gasteiger partial charge is 0.270 e. The quantitative estimate of drug-likeness (QED) is 0.768. The van der Waals surface area contributed by atoms with Gasteiger partial charge in [-0.3, -0.25) is 4.79 Å². The topological polar surface area (TPSA) is 45.5 Å². The highest BCUT2D eigenvalue weighted by Gasteiger charge is 2.27. The summed E-state index contributed by atoms with van der Waals surface area (Å²) in [7, 11) is 1.87. The molecule has 1 aliphatic heterocycles. The van der Waals surface area contributed by atoms with E-state index in [0.29, 0.717) is 12.2 Å². The van der Waals surface area contributed by atoms with Gasteiger partial charge in [-0.05, 0) is 18.6 Å². The Hall–Kier alpha value is -1.29. The predicted molar refractivity (Wildman–Crippen MR) is 56.5 cm³/mol. The second-order valence-electron chi connectivity index (χ2n) is 4.09. The van der Waals surface area contributed by atoms with Gasteiger partial charge in [-0.15, -0.1) is 0 Å². The van der Waals surface area contributed by atoms with Crippen molar-refractivity contribution in [2.45, 2.75) is 6.42 Å². The lowest BCUT2D eigenvalue weighted by molar-refractivity contribution is 0.0772. The third-order valence-electron chi connectivity index (χ3n) is 2.99. The molecule has 15 heavy (non-hydrogen) atoms. The summed E-state index contributed by atoms with van der Waals surface area (Å²) < 4.78 is 1.83. The van der Waals surface area contributed by atoms with E-state index in [4.69, 9.17) is 5.11 Å². The van der Waals surface area contributed by atoms with E-state index in [0.717, 1.165) is 13.0 Å². The Morgan fingerprint density at radius 3 is 3.00 bits per heavy atom. The molecule has 1 unspecified atom stereocenters. The van der Waals surface area contributed by atoms with Gasteiger partial charge in [0.1, 0.15) is 5.69 Å². The number of amides is 1. The second-order valence-corrected chi connectivity index (χ2v) is 4.09. The lowest BCUT2D eigenvalue weighted by Gasteiger charge is -2.16. The van der Waals surface area contributed by atoms with E-state index in [1.807, 2.05) is 34.8 Å². The van der Waals surface area contributed by atoms with Crippen molar-refractivity contribution >= 4 is 5.91 Å². The summed E-state index contributed by atoms with van der Waals surface area (Å²) in [6.07, 6.45) is 2.78. The minimum absolute atomic E-state index is 0.0680. The first-order valence-corrected chi connectivity index (χ1v) is 5.24. The summed E-state index contributed by atoms with van der Waals surface area (Å²) in [5.74, 6) is 0.327. The zero-order chi connectivity index (χ0) is 10.8. The summed E-state index contributed by atoms with van der Waals surface area (Å²) in [5, 5.41) is 9.01. The van der Waals surface area contributed by atoms with Gasteiger partial charge >= 0.3 is 0 Å². The number of rotatable bonds is 2. The van der Waals surface area contributed by atoms with Crippen LogP contribution in [0, 0.1) is 5.92 Å². The lowest BCUT2D eigenvalue weighted by Crippen LogP contribution is -2.30. The first kappa shape index (κ1) is 10.2. The van der Waals surface area contributed by atoms with Gasteiger partial charge in [-0.25, -0.2) is 0 Å². The van der Waals surface area contributed by atoms with Crippen LogP contribution in [0.1, 0.15) is 16.9 Å². The molecule has 2 rings (SSSR count). The number of carbonyl (C=O) groups is 1. The van der Waals surface area contributed by atoms with Crippen LogP contribution in [0.25, 0.3) is 0 Å². The fourth-order valence-electron chi connectivity index (χ4n) is 2.01. The van der Waals surface area contributed by atoms with Crippen LogP contribution in [0.4, 0.5) is 0 Å². The number of aromatic nitrogens is 1. The first-order chi connectivity index (χ1) is 7.22. The molecular formula is C11H16N2O2. The van der Waals surface area contributed by atoms with Gasteiger partial charge in [0.05, 0.1) is 0 Å². The number of hydrogen-bond donors (Lipinski definition) is 1. The van der Waals surface area contributed by atoms with E-state index in [1.165, 1.54) is 0 Å². The van der Waals surface area contributed by atoms with Crippen LogP contribution in [0.5, 0.6) is 0 Å². The summed E-state index contributed by atoms with van der Waals surface area (Å²) in [6.45, 7) is 1.62. The van der Waals surface area contributed by atoms with Crippen molar-refractivity contribution in [2.24, 2.45) is 13.0 Å². The molecule has 0 aromatic carbocycles. The molecular weight excluding hydrogens is 192 g/mol. The Labute approximate surface area is 89.1 Å². The van der Waals surface area contributed by atoms with Crippen molar-refractivity contribution in [3.63, 3.8) is 0 Å². The van der Waals surface area contributed by atoms with Crippen LogP contribution in [-0.2, 0) is 7.05 Å². The Balaban J connectivity index is 2.07. The van der Waals surface area contributed by atoms with E-state index in [-0.39, 0.29) is 18.4 Å². The standard InChI is InChI=1S/C11H16N2O2/c1-12-5-2-3-10(12)11(15)13-6-4-9(7-13)8-14/h2-3,5,9,14H,4,6-8H2,1H3. The van der Waals surface area contributed by atoms with Crippen LogP contribution < -0.4 is 0 Å². The van der Waals surface area contributed by atoms with Crippen LogP contribution in [0.15, 0.2) is 18.3 Å². The number of carbonyl (C=O) groups excluding carboxylic acids is 1. The summed E-state index contributed by atoms with van der Waals surface area (Å²) in [4.78, 5) is 13.8. The maximum atomic E-state index is 12.0. The third-order valence-corrected chi connectivity index (χ3v) is 2.99. The number of likely N-dealkylation sites (tertiary alicyclic amines) is 1. The van der Waals surface area contributed by atoms with Crippen molar-refractivity contribution in [3.05, 3.63) is 24.0 Å². The van der Waals surface area contributed by atoms with Gasteiger partial charge in [0.25, 0.3) is 5.91 Å².